The van der Waals surface area contributed by atoms with E-state index >= 15 is 0 Å². The molecule has 1 N–H and O–H groups in total. The third kappa shape index (κ3) is 4.71. The number of amides is 1. The van der Waals surface area contributed by atoms with Crippen LogP contribution in [0.15, 0.2) is 10.1 Å². The van der Waals surface area contributed by atoms with Crippen molar-refractivity contribution < 1.29 is 9.53 Å². The fraction of sp³-hybridized carbons (Fsp3) is 0.769. The largest absolute Gasteiger partial charge is 0.385 e. The van der Waals surface area contributed by atoms with Crippen molar-refractivity contribution in [2.24, 2.45) is 0 Å². The summed E-state index contributed by atoms with van der Waals surface area (Å²) in [5, 5.41) is 2.95. The molecule has 1 rings (SSSR count). The van der Waals surface area contributed by atoms with Crippen molar-refractivity contribution >= 4 is 21.8 Å². The van der Waals surface area contributed by atoms with E-state index in [2.05, 4.69) is 33.1 Å². The molecule has 0 unspecified atom stereocenters. The lowest BCUT2D eigenvalue weighted by molar-refractivity contribution is -0.125. The Balaban J connectivity index is 2.35. The third-order valence-corrected chi connectivity index (χ3v) is 4.26. The monoisotopic (exact) mass is 318 g/mol. The van der Waals surface area contributed by atoms with Gasteiger partial charge in [0.15, 0.2) is 0 Å². The molecule has 5 heteroatoms. The number of carbonyl (C=O) groups is 1. The normalized spacial score (nSPS) is 18.9. The van der Waals surface area contributed by atoms with Crippen LogP contribution in [0.4, 0.5) is 0 Å². The first-order chi connectivity index (χ1) is 8.56. The number of nitrogens with one attached hydrogen (secondary N) is 1. The zero-order valence-corrected chi connectivity index (χ0v) is 13.0. The predicted octanol–water partition coefficient (Wildman–Crippen LogP) is 1.90. The van der Waals surface area contributed by atoms with E-state index in [4.69, 9.17) is 4.74 Å². The molecule has 0 aromatic carbocycles. The Morgan fingerprint density at radius 2 is 2.33 bits per heavy atom. The van der Waals surface area contributed by atoms with E-state index in [1.807, 2.05) is 6.92 Å². The van der Waals surface area contributed by atoms with Crippen LogP contribution < -0.4 is 5.32 Å². The summed E-state index contributed by atoms with van der Waals surface area (Å²) in [6.45, 7) is 7.25. The Morgan fingerprint density at radius 3 is 2.94 bits per heavy atom. The summed E-state index contributed by atoms with van der Waals surface area (Å²) < 4.78 is 6.17. The molecule has 0 saturated heterocycles. The van der Waals surface area contributed by atoms with Gasteiger partial charge in [0.2, 0.25) is 5.91 Å². The average Bonchev–Trinajstić information content (AvgIpc) is 2.37. The van der Waals surface area contributed by atoms with Gasteiger partial charge in [-0.05, 0) is 26.7 Å². The van der Waals surface area contributed by atoms with E-state index in [1.165, 1.54) is 10.1 Å². The third-order valence-electron chi connectivity index (χ3n) is 3.33. The van der Waals surface area contributed by atoms with E-state index in [0.29, 0.717) is 13.2 Å². The molecule has 0 aromatic rings. The summed E-state index contributed by atoms with van der Waals surface area (Å²) >= 11 is 3.57. The van der Waals surface area contributed by atoms with E-state index in [9.17, 15) is 4.79 Å². The van der Waals surface area contributed by atoms with Crippen molar-refractivity contribution in [2.45, 2.75) is 32.7 Å². The molecule has 0 bridgehead atoms. The Morgan fingerprint density at radius 1 is 1.61 bits per heavy atom. The topological polar surface area (TPSA) is 41.6 Å². The lowest BCUT2D eigenvalue weighted by Crippen LogP contribution is -2.47. The van der Waals surface area contributed by atoms with Crippen LogP contribution in [0.25, 0.3) is 0 Å². The summed E-state index contributed by atoms with van der Waals surface area (Å²) in [5.41, 5.74) is 1.39. The van der Waals surface area contributed by atoms with Crippen LogP contribution in [0.2, 0.25) is 0 Å². The Bertz CT molecular complexity index is 318. The molecule has 0 radical (unpaired) electrons. The maximum atomic E-state index is 12.0. The van der Waals surface area contributed by atoms with Crippen molar-refractivity contribution in [3.63, 3.8) is 0 Å². The SMILES string of the molecule is COCCCNC(=O)[C@H](C)N1CCC(C)=C(Br)C1. The van der Waals surface area contributed by atoms with Gasteiger partial charge in [0.25, 0.3) is 0 Å². The van der Waals surface area contributed by atoms with Gasteiger partial charge in [-0.15, -0.1) is 0 Å². The minimum absolute atomic E-state index is 0.0757. The van der Waals surface area contributed by atoms with E-state index in [0.717, 1.165) is 25.9 Å². The van der Waals surface area contributed by atoms with Crippen LogP contribution in [0.1, 0.15) is 26.7 Å². The fourth-order valence-electron chi connectivity index (χ4n) is 1.91. The van der Waals surface area contributed by atoms with Gasteiger partial charge in [-0.1, -0.05) is 21.5 Å². The van der Waals surface area contributed by atoms with Crippen molar-refractivity contribution in [3.05, 3.63) is 10.1 Å². The number of halogens is 1. The highest BCUT2D eigenvalue weighted by Crippen LogP contribution is 2.23. The minimum atomic E-state index is -0.0757. The molecule has 0 aliphatic carbocycles. The molecular formula is C13H23BrN2O2. The Labute approximate surface area is 118 Å². The maximum absolute atomic E-state index is 12.0. The molecule has 1 atom stereocenters. The Kier molecular flexibility index (Phi) is 6.89. The van der Waals surface area contributed by atoms with Gasteiger partial charge < -0.3 is 10.1 Å². The van der Waals surface area contributed by atoms with E-state index in [1.54, 1.807) is 7.11 Å². The minimum Gasteiger partial charge on any atom is -0.385 e. The van der Waals surface area contributed by atoms with Gasteiger partial charge in [-0.25, -0.2) is 0 Å². The van der Waals surface area contributed by atoms with Crippen LogP contribution in [-0.4, -0.2) is 50.2 Å². The number of methoxy groups -OCH3 is 1. The van der Waals surface area contributed by atoms with Crippen LogP contribution in [0.3, 0.4) is 0 Å². The number of hydrogen-bond acceptors (Lipinski definition) is 3. The zero-order chi connectivity index (χ0) is 13.5. The lowest BCUT2D eigenvalue weighted by atomic mass is 10.1. The van der Waals surface area contributed by atoms with Gasteiger partial charge in [0, 0.05) is 37.8 Å². The molecule has 1 aliphatic heterocycles. The summed E-state index contributed by atoms with van der Waals surface area (Å²) in [5.74, 6) is 0.103. The summed E-state index contributed by atoms with van der Waals surface area (Å²) in [4.78, 5) is 14.2. The Hall–Kier alpha value is -0.390. The summed E-state index contributed by atoms with van der Waals surface area (Å²) in [6, 6.07) is -0.0757. The quantitative estimate of drug-likeness (QED) is 0.761. The van der Waals surface area contributed by atoms with Gasteiger partial charge in [0.05, 0.1) is 6.04 Å². The number of ether oxygens (including phenoxy) is 1. The number of rotatable bonds is 6. The highest BCUT2D eigenvalue weighted by Gasteiger charge is 2.24. The molecule has 0 aromatic heterocycles. The number of carbonyl (C=O) groups excluding carboxylic acids is 1. The van der Waals surface area contributed by atoms with Crippen molar-refractivity contribution in [2.75, 3.05) is 33.4 Å². The van der Waals surface area contributed by atoms with Crippen molar-refractivity contribution in [1.29, 1.82) is 0 Å². The van der Waals surface area contributed by atoms with Crippen LogP contribution in [0, 0.1) is 0 Å². The molecule has 18 heavy (non-hydrogen) atoms. The van der Waals surface area contributed by atoms with E-state index < -0.39 is 0 Å². The molecule has 104 valence electrons. The second-order valence-corrected chi connectivity index (χ2v) is 5.68. The summed E-state index contributed by atoms with van der Waals surface area (Å²) in [6.07, 6.45) is 1.89. The highest BCUT2D eigenvalue weighted by atomic mass is 79.9. The first-order valence-electron chi connectivity index (χ1n) is 6.41. The molecule has 4 nitrogen and oxygen atoms in total. The van der Waals surface area contributed by atoms with Gasteiger partial charge in [0.1, 0.15) is 0 Å². The standard InChI is InChI=1S/C13H23BrN2O2/c1-10-5-7-16(9-12(10)14)11(2)13(17)15-6-4-8-18-3/h11H,4-9H2,1-3H3,(H,15,17)/t11-/m0/s1. The molecule has 1 heterocycles. The highest BCUT2D eigenvalue weighted by molar-refractivity contribution is 9.11. The van der Waals surface area contributed by atoms with Crippen molar-refractivity contribution in [1.82, 2.24) is 10.2 Å². The zero-order valence-electron chi connectivity index (χ0n) is 11.5. The maximum Gasteiger partial charge on any atom is 0.237 e. The molecule has 0 fully saturated rings. The first-order valence-corrected chi connectivity index (χ1v) is 7.20. The average molecular weight is 319 g/mol. The van der Waals surface area contributed by atoms with E-state index in [-0.39, 0.29) is 11.9 Å². The van der Waals surface area contributed by atoms with Crippen LogP contribution >= 0.6 is 15.9 Å². The molecule has 0 saturated carbocycles. The van der Waals surface area contributed by atoms with Gasteiger partial charge in [-0.2, -0.15) is 0 Å². The number of nitrogens with zero attached hydrogens (tertiary/aromatic N) is 1. The fourth-order valence-corrected chi connectivity index (χ4v) is 2.43. The van der Waals surface area contributed by atoms with Crippen LogP contribution in [-0.2, 0) is 9.53 Å². The number of hydrogen-bond donors (Lipinski definition) is 1. The predicted molar refractivity (Wildman–Crippen MR) is 76.8 cm³/mol. The first kappa shape index (κ1) is 15.7. The molecule has 1 aliphatic rings. The molecular weight excluding hydrogens is 296 g/mol. The second-order valence-electron chi connectivity index (χ2n) is 4.72. The molecule has 0 spiro atoms. The van der Waals surface area contributed by atoms with Crippen molar-refractivity contribution in [3.8, 4) is 0 Å². The van der Waals surface area contributed by atoms with Crippen LogP contribution in [0.5, 0.6) is 0 Å². The summed E-state index contributed by atoms with van der Waals surface area (Å²) in [7, 11) is 1.67. The smallest absolute Gasteiger partial charge is 0.237 e. The lowest BCUT2D eigenvalue weighted by Gasteiger charge is -2.32. The van der Waals surface area contributed by atoms with Gasteiger partial charge in [-0.3, -0.25) is 9.69 Å². The van der Waals surface area contributed by atoms with Gasteiger partial charge >= 0.3 is 0 Å². The second kappa shape index (κ2) is 7.92. The molecule has 1 amide bonds.